The monoisotopic (exact) mass is 207 g/mol. The Balaban J connectivity index is 2.76. The van der Waals surface area contributed by atoms with Crippen molar-refractivity contribution in [2.75, 3.05) is 19.8 Å². The maximum atomic E-state index is 9.65. The van der Waals surface area contributed by atoms with Crippen molar-refractivity contribution in [1.29, 1.82) is 0 Å². The summed E-state index contributed by atoms with van der Waals surface area (Å²) in [6, 6.07) is 0. The van der Waals surface area contributed by atoms with Gasteiger partial charge in [-0.1, -0.05) is 0 Å². The van der Waals surface area contributed by atoms with Crippen molar-refractivity contribution in [3.63, 3.8) is 0 Å². The lowest BCUT2D eigenvalue weighted by Crippen LogP contribution is -2.69. The van der Waals surface area contributed by atoms with E-state index in [1.54, 1.807) is 0 Å². The van der Waals surface area contributed by atoms with Crippen molar-refractivity contribution in [1.82, 2.24) is 5.32 Å². The number of hydrogen-bond donors (Lipinski definition) is 6. The van der Waals surface area contributed by atoms with E-state index in [0.29, 0.717) is 0 Å². The van der Waals surface area contributed by atoms with Gasteiger partial charge in [-0.3, -0.25) is 0 Å². The molecule has 0 aromatic heterocycles. The molecule has 1 aliphatic rings. The normalized spacial score (nSPS) is 43.9. The van der Waals surface area contributed by atoms with Crippen molar-refractivity contribution in [3.8, 4) is 0 Å². The molecule has 0 aliphatic carbocycles. The zero-order valence-corrected chi connectivity index (χ0v) is 7.80. The summed E-state index contributed by atoms with van der Waals surface area (Å²) in [6.45, 7) is -0.537. The van der Waals surface area contributed by atoms with Crippen LogP contribution >= 0.6 is 0 Å². The zero-order valence-electron chi connectivity index (χ0n) is 7.80. The lowest BCUT2D eigenvalue weighted by Gasteiger charge is -2.45. The number of nitrogens with one attached hydrogen (secondary N) is 1. The van der Waals surface area contributed by atoms with Crippen molar-refractivity contribution >= 4 is 0 Å². The molecule has 1 aliphatic heterocycles. The number of β-amino-alcohol motifs (C(OH)–C–C–N with tert-alkyl or cyclic N) is 1. The van der Waals surface area contributed by atoms with Gasteiger partial charge in [0.25, 0.3) is 0 Å². The highest BCUT2D eigenvalue weighted by atomic mass is 16.4. The van der Waals surface area contributed by atoms with Crippen LogP contribution in [0, 0.1) is 0 Å². The quantitative estimate of drug-likeness (QED) is 0.290. The first kappa shape index (κ1) is 11.8. The predicted molar refractivity (Wildman–Crippen MR) is 47.5 cm³/mol. The third kappa shape index (κ3) is 1.90. The van der Waals surface area contributed by atoms with E-state index in [9.17, 15) is 15.3 Å². The van der Waals surface area contributed by atoms with Gasteiger partial charge in [0.05, 0.1) is 18.2 Å². The van der Waals surface area contributed by atoms with Gasteiger partial charge in [0.2, 0.25) is 0 Å². The second-order valence-corrected chi connectivity index (χ2v) is 3.67. The van der Waals surface area contributed by atoms with Crippen LogP contribution < -0.4 is 5.32 Å². The Hall–Kier alpha value is -0.240. The van der Waals surface area contributed by atoms with Crippen LogP contribution in [-0.2, 0) is 0 Å². The molecule has 6 N–H and O–H groups in total. The molecule has 0 amide bonds. The number of hydrogen-bond acceptors (Lipinski definition) is 6. The van der Waals surface area contributed by atoms with Crippen LogP contribution in [0.25, 0.3) is 0 Å². The van der Waals surface area contributed by atoms with Crippen LogP contribution in [0.4, 0.5) is 0 Å². The molecule has 0 aromatic carbocycles. The van der Waals surface area contributed by atoms with Gasteiger partial charge in [-0.15, -0.1) is 0 Å². The van der Waals surface area contributed by atoms with E-state index in [-0.39, 0.29) is 19.6 Å². The Kier molecular flexibility index (Phi) is 3.82. The fraction of sp³-hybridized carbons (Fsp3) is 1.00. The number of aliphatic hydroxyl groups is 5. The summed E-state index contributed by atoms with van der Waals surface area (Å²) in [7, 11) is 0. The Morgan fingerprint density at radius 2 is 1.86 bits per heavy atom. The highest BCUT2D eigenvalue weighted by Crippen LogP contribution is 2.23. The highest BCUT2D eigenvalue weighted by molar-refractivity contribution is 5.03. The minimum absolute atomic E-state index is 0.0821. The lowest BCUT2D eigenvalue weighted by atomic mass is 9.81. The third-order valence-electron chi connectivity index (χ3n) is 2.79. The van der Waals surface area contributed by atoms with Crippen molar-refractivity contribution in [2.24, 2.45) is 0 Å². The smallest absolute Gasteiger partial charge is 0.109 e. The number of piperidine rings is 1. The van der Waals surface area contributed by atoms with Crippen LogP contribution in [0.15, 0.2) is 0 Å². The molecule has 14 heavy (non-hydrogen) atoms. The summed E-state index contributed by atoms with van der Waals surface area (Å²) in [6.07, 6.45) is -3.52. The van der Waals surface area contributed by atoms with Gasteiger partial charge in [-0.05, 0) is 6.42 Å². The summed E-state index contributed by atoms with van der Waals surface area (Å²) in [5, 5.41) is 48.9. The van der Waals surface area contributed by atoms with E-state index in [4.69, 9.17) is 10.2 Å². The summed E-state index contributed by atoms with van der Waals surface area (Å²) in [5.74, 6) is 0. The van der Waals surface area contributed by atoms with E-state index >= 15 is 0 Å². The first-order valence-electron chi connectivity index (χ1n) is 4.58. The first-order chi connectivity index (χ1) is 6.57. The van der Waals surface area contributed by atoms with Gasteiger partial charge in [0, 0.05) is 13.2 Å². The molecule has 0 spiro atoms. The van der Waals surface area contributed by atoms with Gasteiger partial charge in [-0.25, -0.2) is 0 Å². The predicted octanol–water partition coefficient (Wildman–Crippen LogP) is -3.21. The molecule has 0 saturated carbocycles. The molecule has 1 heterocycles. The van der Waals surface area contributed by atoms with Gasteiger partial charge < -0.3 is 30.8 Å². The van der Waals surface area contributed by atoms with Gasteiger partial charge in [-0.2, -0.15) is 0 Å². The molecule has 3 unspecified atom stereocenters. The van der Waals surface area contributed by atoms with Crippen LogP contribution in [0.1, 0.15) is 6.42 Å². The molecule has 0 bridgehead atoms. The zero-order chi connectivity index (χ0) is 10.8. The molecule has 84 valence electrons. The fourth-order valence-corrected chi connectivity index (χ4v) is 1.73. The summed E-state index contributed by atoms with van der Waals surface area (Å²) in [4.78, 5) is 0. The minimum Gasteiger partial charge on any atom is -0.396 e. The van der Waals surface area contributed by atoms with Gasteiger partial charge >= 0.3 is 0 Å². The van der Waals surface area contributed by atoms with E-state index in [1.165, 1.54) is 0 Å². The average molecular weight is 207 g/mol. The van der Waals surface area contributed by atoms with E-state index in [0.717, 1.165) is 0 Å². The summed E-state index contributed by atoms with van der Waals surface area (Å²) in [5.41, 5.74) is -1.12. The Labute approximate surface area is 81.8 Å². The third-order valence-corrected chi connectivity index (χ3v) is 2.79. The maximum Gasteiger partial charge on any atom is 0.109 e. The Morgan fingerprint density at radius 3 is 2.36 bits per heavy atom. The molecule has 6 heteroatoms. The van der Waals surface area contributed by atoms with Crippen LogP contribution in [0.3, 0.4) is 0 Å². The average Bonchev–Trinajstić information content (AvgIpc) is 2.20. The van der Waals surface area contributed by atoms with Crippen LogP contribution in [0.2, 0.25) is 0 Å². The fourth-order valence-electron chi connectivity index (χ4n) is 1.73. The molecule has 0 radical (unpaired) electrons. The summed E-state index contributed by atoms with van der Waals surface area (Å²) >= 11 is 0. The Morgan fingerprint density at radius 1 is 1.21 bits per heavy atom. The molecule has 0 aromatic rings. The molecule has 1 rings (SSSR count). The Bertz CT molecular complexity index is 191. The van der Waals surface area contributed by atoms with Crippen molar-refractivity contribution < 1.29 is 25.5 Å². The van der Waals surface area contributed by atoms with Gasteiger partial charge in [0.15, 0.2) is 0 Å². The molecule has 4 atom stereocenters. The number of aliphatic hydroxyl groups excluding tert-OH is 5. The first-order valence-corrected chi connectivity index (χ1v) is 4.58. The maximum absolute atomic E-state index is 9.65. The second kappa shape index (κ2) is 4.52. The SMILES string of the molecule is OCCC1(CO)NC[C@H](O)C(O)C1O. The molecule has 1 fully saturated rings. The summed E-state index contributed by atoms with van der Waals surface area (Å²) < 4.78 is 0. The molecule has 1 saturated heterocycles. The largest absolute Gasteiger partial charge is 0.396 e. The van der Waals surface area contributed by atoms with Crippen molar-refractivity contribution in [2.45, 2.75) is 30.3 Å². The van der Waals surface area contributed by atoms with E-state index in [1.807, 2.05) is 0 Å². The molecule has 6 nitrogen and oxygen atoms in total. The molecular formula is C8H17NO5. The van der Waals surface area contributed by atoms with Crippen LogP contribution in [-0.4, -0.2) is 69.1 Å². The van der Waals surface area contributed by atoms with Crippen molar-refractivity contribution in [3.05, 3.63) is 0 Å². The van der Waals surface area contributed by atoms with Crippen LogP contribution in [0.5, 0.6) is 0 Å². The number of rotatable bonds is 3. The van der Waals surface area contributed by atoms with E-state index in [2.05, 4.69) is 5.32 Å². The van der Waals surface area contributed by atoms with E-state index < -0.39 is 30.5 Å². The lowest BCUT2D eigenvalue weighted by molar-refractivity contribution is -0.137. The minimum atomic E-state index is -1.30. The molecular weight excluding hydrogens is 190 g/mol. The highest BCUT2D eigenvalue weighted by Gasteiger charge is 2.46. The topological polar surface area (TPSA) is 113 Å². The second-order valence-electron chi connectivity index (χ2n) is 3.67. The van der Waals surface area contributed by atoms with Gasteiger partial charge in [0.1, 0.15) is 12.2 Å². The standard InChI is InChI=1S/C8H17NO5/c10-2-1-8(4-11)7(14)6(13)5(12)3-9-8/h5-7,9-14H,1-4H2/t5-,6?,7?,8?/m0/s1.